The van der Waals surface area contributed by atoms with Crippen molar-refractivity contribution in [3.8, 4) is 28.8 Å². The Morgan fingerprint density at radius 3 is 2.54 bits per heavy atom. The Morgan fingerprint density at radius 2 is 1.90 bits per heavy atom. The molecule has 0 radical (unpaired) electrons. The molecular weight excluding hydrogens is 564 g/mol. The predicted molar refractivity (Wildman–Crippen MR) is 148 cm³/mol. The molecule has 10 heteroatoms. The van der Waals surface area contributed by atoms with E-state index in [0.29, 0.717) is 17.0 Å². The van der Waals surface area contributed by atoms with Gasteiger partial charge in [-0.05, 0) is 71.3 Å². The quantitative estimate of drug-likeness (QED) is 0.160. The van der Waals surface area contributed by atoms with Crippen LogP contribution in [0.2, 0.25) is 0 Å². The van der Waals surface area contributed by atoms with E-state index in [2.05, 4.69) is 15.9 Å². The number of esters is 1. The minimum absolute atomic E-state index is 0.00229. The fraction of sp³-hybridized carbons (Fsp3) is 0.207. The molecule has 0 spiro atoms. The Bertz CT molecular complexity index is 1550. The maximum absolute atomic E-state index is 13.5. The summed E-state index contributed by atoms with van der Waals surface area (Å²) >= 11 is 3.52. The first-order valence-corrected chi connectivity index (χ1v) is 12.9. The van der Waals surface area contributed by atoms with Gasteiger partial charge in [-0.2, -0.15) is 10.4 Å². The highest BCUT2D eigenvalue weighted by Crippen LogP contribution is 2.34. The third-order valence-electron chi connectivity index (χ3n) is 6.15. The van der Waals surface area contributed by atoms with Gasteiger partial charge in [0.1, 0.15) is 23.1 Å². The summed E-state index contributed by atoms with van der Waals surface area (Å²) in [6.07, 6.45) is 3.70. The maximum atomic E-state index is 13.5. The second-order valence-electron chi connectivity index (χ2n) is 8.69. The molecule has 1 aliphatic heterocycles. The van der Waals surface area contributed by atoms with E-state index in [4.69, 9.17) is 14.6 Å². The van der Waals surface area contributed by atoms with Gasteiger partial charge in [-0.15, -0.1) is 0 Å². The number of nitrogens with zero attached hydrogens (tertiary/aromatic N) is 4. The zero-order chi connectivity index (χ0) is 28.1. The smallest absolute Gasteiger partial charge is 0.302 e. The molecule has 4 rings (SSSR count). The molecule has 2 heterocycles. The van der Waals surface area contributed by atoms with Gasteiger partial charge in [-0.25, -0.2) is 4.68 Å². The summed E-state index contributed by atoms with van der Waals surface area (Å²) in [4.78, 5) is 38.6. The van der Waals surface area contributed by atoms with Gasteiger partial charge in [0.25, 0.3) is 11.8 Å². The van der Waals surface area contributed by atoms with Gasteiger partial charge in [0, 0.05) is 36.4 Å². The van der Waals surface area contributed by atoms with Crippen LogP contribution in [-0.2, 0) is 19.1 Å². The molecule has 0 bridgehead atoms. The number of methoxy groups -OCH3 is 1. The number of carbonyl (C=O) groups excluding carboxylic acids is 3. The van der Waals surface area contributed by atoms with Crippen molar-refractivity contribution >= 4 is 39.8 Å². The Hall–Kier alpha value is -4.49. The molecule has 39 heavy (non-hydrogen) atoms. The number of rotatable bonds is 8. The zero-order valence-corrected chi connectivity index (χ0v) is 23.2. The van der Waals surface area contributed by atoms with Crippen LogP contribution in [-0.4, -0.2) is 52.7 Å². The number of hydrogen-bond donors (Lipinski definition) is 0. The minimum Gasteiger partial charge on any atom is -0.496 e. The summed E-state index contributed by atoms with van der Waals surface area (Å²) < 4.78 is 12.7. The lowest BCUT2D eigenvalue weighted by Crippen LogP contribution is -2.43. The number of carbonyl (C=O) groups is 3. The van der Waals surface area contributed by atoms with Crippen molar-refractivity contribution in [3.05, 3.63) is 81.5 Å². The highest BCUT2D eigenvalue weighted by atomic mass is 79.9. The van der Waals surface area contributed by atoms with Gasteiger partial charge < -0.3 is 9.47 Å². The summed E-state index contributed by atoms with van der Waals surface area (Å²) in [5.41, 5.74) is 3.18. The molecule has 0 N–H and O–H groups in total. The Balaban J connectivity index is 1.82. The fourth-order valence-corrected chi connectivity index (χ4v) is 4.71. The first-order valence-electron chi connectivity index (χ1n) is 12.1. The molecule has 9 nitrogen and oxygen atoms in total. The Labute approximate surface area is 234 Å². The Kier molecular flexibility index (Phi) is 8.42. The summed E-state index contributed by atoms with van der Waals surface area (Å²) in [6.45, 7) is 2.92. The third-order valence-corrected chi connectivity index (χ3v) is 6.76. The number of amides is 2. The second-order valence-corrected chi connectivity index (χ2v) is 9.54. The number of benzene rings is 2. The highest BCUT2D eigenvalue weighted by molar-refractivity contribution is 9.10. The number of halogens is 1. The van der Waals surface area contributed by atoms with Crippen LogP contribution in [0.15, 0.2) is 75.9 Å². The molecule has 0 atom stereocenters. The number of nitriles is 1. The van der Waals surface area contributed by atoms with Crippen molar-refractivity contribution in [2.24, 2.45) is 0 Å². The molecule has 0 saturated heterocycles. The topological polar surface area (TPSA) is 115 Å². The van der Waals surface area contributed by atoms with Crippen molar-refractivity contribution in [1.29, 1.82) is 5.26 Å². The summed E-state index contributed by atoms with van der Waals surface area (Å²) in [5, 5.41) is 14.5. The molecule has 198 valence electrons. The van der Waals surface area contributed by atoms with Crippen molar-refractivity contribution in [2.75, 3.05) is 20.3 Å². The normalized spacial score (nSPS) is 14.5. The van der Waals surface area contributed by atoms with Crippen LogP contribution in [0.25, 0.3) is 23.0 Å². The van der Waals surface area contributed by atoms with Crippen LogP contribution >= 0.6 is 15.9 Å². The molecule has 0 aliphatic carbocycles. The van der Waals surface area contributed by atoms with Crippen LogP contribution in [0.1, 0.15) is 25.8 Å². The molecule has 0 saturated carbocycles. The standard InChI is InChI=1S/C29H25BrN4O5/c1-18-23(28(36)33(29(37)24(18)16-31)12-7-13-39-19(2)35)14-21-17-34(22-8-5-4-6-9-22)32-27(21)20-10-11-26(38-3)25(30)15-20/h4-6,8-11,14-15,17H,7,12-13H2,1-3H3/b23-14+. The minimum atomic E-state index is -0.667. The van der Waals surface area contributed by atoms with Crippen LogP contribution < -0.4 is 4.74 Å². The number of ether oxygens (including phenoxy) is 2. The lowest BCUT2D eigenvalue weighted by molar-refractivity contribution is -0.141. The first kappa shape index (κ1) is 27.5. The zero-order valence-electron chi connectivity index (χ0n) is 21.6. The predicted octanol–water partition coefficient (Wildman–Crippen LogP) is 4.86. The van der Waals surface area contributed by atoms with Crippen LogP contribution in [0.5, 0.6) is 5.75 Å². The van der Waals surface area contributed by atoms with Gasteiger partial charge >= 0.3 is 5.97 Å². The van der Waals surface area contributed by atoms with Crippen molar-refractivity contribution in [3.63, 3.8) is 0 Å². The molecule has 1 aromatic heterocycles. The monoisotopic (exact) mass is 588 g/mol. The summed E-state index contributed by atoms with van der Waals surface area (Å²) in [7, 11) is 1.58. The van der Waals surface area contributed by atoms with Gasteiger partial charge in [0.2, 0.25) is 0 Å². The second kappa shape index (κ2) is 11.9. The van der Waals surface area contributed by atoms with Gasteiger partial charge in [-0.3, -0.25) is 19.3 Å². The van der Waals surface area contributed by atoms with E-state index >= 15 is 0 Å². The van der Waals surface area contributed by atoms with E-state index in [1.807, 2.05) is 54.6 Å². The van der Waals surface area contributed by atoms with E-state index in [1.54, 1.807) is 31.0 Å². The van der Waals surface area contributed by atoms with E-state index in [0.717, 1.165) is 20.6 Å². The maximum Gasteiger partial charge on any atom is 0.302 e. The largest absolute Gasteiger partial charge is 0.496 e. The lowest BCUT2D eigenvalue weighted by Gasteiger charge is -2.27. The van der Waals surface area contributed by atoms with Gasteiger partial charge in [0.05, 0.1) is 23.9 Å². The molecule has 1 aliphatic rings. The average Bonchev–Trinajstić information content (AvgIpc) is 3.35. The highest BCUT2D eigenvalue weighted by Gasteiger charge is 2.35. The van der Waals surface area contributed by atoms with Gasteiger partial charge in [0.15, 0.2) is 0 Å². The van der Waals surface area contributed by atoms with Crippen LogP contribution in [0.4, 0.5) is 0 Å². The molecule has 2 aromatic carbocycles. The number of para-hydroxylation sites is 1. The molecular formula is C29H25BrN4O5. The van der Waals surface area contributed by atoms with Crippen molar-refractivity contribution in [1.82, 2.24) is 14.7 Å². The summed E-state index contributed by atoms with van der Waals surface area (Å²) in [6, 6.07) is 17.0. The third kappa shape index (κ3) is 5.84. The molecule has 0 unspecified atom stereocenters. The summed E-state index contributed by atoms with van der Waals surface area (Å²) in [5.74, 6) is -0.995. The number of imide groups is 1. The Morgan fingerprint density at radius 1 is 1.15 bits per heavy atom. The first-order chi connectivity index (χ1) is 18.7. The van der Waals surface area contributed by atoms with Crippen molar-refractivity contribution < 1.29 is 23.9 Å². The molecule has 2 amide bonds. The lowest BCUT2D eigenvalue weighted by atomic mass is 9.93. The van der Waals surface area contributed by atoms with E-state index in [-0.39, 0.29) is 36.3 Å². The molecule has 0 fully saturated rings. The average molecular weight is 589 g/mol. The van der Waals surface area contributed by atoms with Gasteiger partial charge in [-0.1, -0.05) is 18.2 Å². The van der Waals surface area contributed by atoms with E-state index < -0.39 is 17.8 Å². The SMILES string of the molecule is COc1ccc(-c2nn(-c3ccccc3)cc2/C=C2/C(=O)N(CCCOC(C)=O)C(=O)C(C#N)=C2C)cc1Br. The fourth-order valence-electron chi connectivity index (χ4n) is 4.17. The van der Waals surface area contributed by atoms with E-state index in [9.17, 15) is 19.6 Å². The van der Waals surface area contributed by atoms with Crippen LogP contribution in [0, 0.1) is 11.3 Å². The number of aromatic nitrogens is 2. The number of hydrogen-bond acceptors (Lipinski definition) is 7. The van der Waals surface area contributed by atoms with Crippen LogP contribution in [0.3, 0.4) is 0 Å². The van der Waals surface area contributed by atoms with E-state index in [1.165, 1.54) is 6.92 Å². The van der Waals surface area contributed by atoms with Crippen molar-refractivity contribution in [2.45, 2.75) is 20.3 Å². The molecule has 3 aromatic rings.